The number of aryl methyl sites for hydroxylation is 1. The summed E-state index contributed by atoms with van der Waals surface area (Å²) >= 11 is 0. The Kier molecular flexibility index (Phi) is 4.07. The van der Waals surface area contributed by atoms with Gasteiger partial charge in [0.05, 0.1) is 6.17 Å². The van der Waals surface area contributed by atoms with Gasteiger partial charge in [0.15, 0.2) is 0 Å². The number of hydrogen-bond acceptors (Lipinski definition) is 3. The number of hydrogen-bond donors (Lipinski definition) is 2. The molecule has 1 aromatic carbocycles. The highest BCUT2D eigenvalue weighted by Gasteiger charge is 2.10. The molecule has 0 saturated carbocycles. The zero-order chi connectivity index (χ0) is 10.6. The SMILES string of the molecule is CCc1ccc(C(NN)N(C)C)cc1. The molecule has 1 unspecified atom stereocenters. The molecule has 0 aromatic heterocycles. The molecule has 0 radical (unpaired) electrons. The maximum absolute atomic E-state index is 5.48. The fourth-order valence-corrected chi connectivity index (χ4v) is 1.48. The molecule has 78 valence electrons. The molecule has 0 amide bonds. The van der Waals surface area contributed by atoms with Gasteiger partial charge in [0.1, 0.15) is 0 Å². The summed E-state index contributed by atoms with van der Waals surface area (Å²) in [7, 11) is 4.00. The number of hydrazine groups is 1. The Labute approximate surface area is 85.9 Å². The van der Waals surface area contributed by atoms with E-state index in [1.807, 2.05) is 19.0 Å². The van der Waals surface area contributed by atoms with Crippen LogP contribution in [0, 0.1) is 0 Å². The van der Waals surface area contributed by atoms with Crippen molar-refractivity contribution in [2.24, 2.45) is 5.84 Å². The normalized spacial score (nSPS) is 13.2. The third kappa shape index (κ3) is 2.54. The molecule has 1 aromatic rings. The highest BCUT2D eigenvalue weighted by atomic mass is 15.4. The van der Waals surface area contributed by atoms with E-state index in [9.17, 15) is 0 Å². The Morgan fingerprint density at radius 1 is 1.29 bits per heavy atom. The zero-order valence-electron chi connectivity index (χ0n) is 9.12. The summed E-state index contributed by atoms with van der Waals surface area (Å²) in [6.07, 6.45) is 1.16. The van der Waals surface area contributed by atoms with Crippen LogP contribution in [-0.4, -0.2) is 19.0 Å². The van der Waals surface area contributed by atoms with Gasteiger partial charge in [-0.05, 0) is 31.6 Å². The number of nitrogens with zero attached hydrogens (tertiary/aromatic N) is 1. The van der Waals surface area contributed by atoms with Gasteiger partial charge in [-0.1, -0.05) is 31.2 Å². The predicted octanol–water partition coefficient (Wildman–Crippen LogP) is 1.27. The van der Waals surface area contributed by atoms with E-state index in [1.54, 1.807) is 0 Å². The third-order valence-corrected chi connectivity index (χ3v) is 2.38. The van der Waals surface area contributed by atoms with Crippen molar-refractivity contribution in [1.29, 1.82) is 0 Å². The minimum absolute atomic E-state index is 0.0842. The Hall–Kier alpha value is -0.900. The first-order valence-electron chi connectivity index (χ1n) is 4.90. The quantitative estimate of drug-likeness (QED) is 0.430. The fourth-order valence-electron chi connectivity index (χ4n) is 1.48. The smallest absolute Gasteiger partial charge is 0.0980 e. The van der Waals surface area contributed by atoms with Crippen molar-refractivity contribution >= 4 is 0 Å². The summed E-state index contributed by atoms with van der Waals surface area (Å²) in [5.41, 5.74) is 5.32. The molecule has 0 heterocycles. The Bertz CT molecular complexity index is 266. The van der Waals surface area contributed by atoms with Crippen LogP contribution in [0.2, 0.25) is 0 Å². The molecule has 0 spiro atoms. The average Bonchev–Trinajstić information content (AvgIpc) is 2.19. The molecule has 1 rings (SSSR count). The second-order valence-corrected chi connectivity index (χ2v) is 3.63. The van der Waals surface area contributed by atoms with Crippen molar-refractivity contribution < 1.29 is 0 Å². The van der Waals surface area contributed by atoms with Gasteiger partial charge in [-0.3, -0.25) is 10.7 Å². The molecule has 1 atom stereocenters. The molecule has 0 aliphatic carbocycles. The molecule has 14 heavy (non-hydrogen) atoms. The molecule has 0 aliphatic heterocycles. The first-order chi connectivity index (χ1) is 6.69. The zero-order valence-corrected chi connectivity index (χ0v) is 9.12. The minimum atomic E-state index is 0.0842. The Balaban J connectivity index is 2.84. The topological polar surface area (TPSA) is 41.3 Å². The highest BCUT2D eigenvalue weighted by Crippen LogP contribution is 2.15. The van der Waals surface area contributed by atoms with Gasteiger partial charge in [0.2, 0.25) is 0 Å². The van der Waals surface area contributed by atoms with Crippen LogP contribution in [0.5, 0.6) is 0 Å². The molecule has 0 bridgehead atoms. The van der Waals surface area contributed by atoms with Crippen molar-refractivity contribution in [3.8, 4) is 0 Å². The minimum Gasteiger partial charge on any atom is -0.289 e. The number of nitrogens with one attached hydrogen (secondary N) is 1. The van der Waals surface area contributed by atoms with Gasteiger partial charge in [-0.2, -0.15) is 0 Å². The molecular formula is C11H19N3. The summed E-state index contributed by atoms with van der Waals surface area (Å²) in [6, 6.07) is 8.51. The van der Waals surface area contributed by atoms with Crippen LogP contribution >= 0.6 is 0 Å². The van der Waals surface area contributed by atoms with Crippen molar-refractivity contribution in [2.45, 2.75) is 19.5 Å². The van der Waals surface area contributed by atoms with Gasteiger partial charge in [0.25, 0.3) is 0 Å². The molecule has 3 nitrogen and oxygen atoms in total. The summed E-state index contributed by atoms with van der Waals surface area (Å²) in [4.78, 5) is 2.04. The molecule has 3 heteroatoms. The first kappa shape index (κ1) is 11.2. The maximum atomic E-state index is 5.48. The van der Waals surface area contributed by atoms with E-state index in [2.05, 4.69) is 36.6 Å². The van der Waals surface area contributed by atoms with E-state index >= 15 is 0 Å². The maximum Gasteiger partial charge on any atom is 0.0980 e. The number of benzene rings is 1. The van der Waals surface area contributed by atoms with E-state index in [0.717, 1.165) is 6.42 Å². The number of rotatable bonds is 4. The van der Waals surface area contributed by atoms with Crippen LogP contribution < -0.4 is 11.3 Å². The summed E-state index contributed by atoms with van der Waals surface area (Å²) in [5, 5.41) is 0. The summed E-state index contributed by atoms with van der Waals surface area (Å²) in [5.74, 6) is 5.48. The highest BCUT2D eigenvalue weighted by molar-refractivity contribution is 5.24. The Morgan fingerprint density at radius 3 is 2.21 bits per heavy atom. The Morgan fingerprint density at radius 2 is 1.86 bits per heavy atom. The lowest BCUT2D eigenvalue weighted by atomic mass is 10.1. The summed E-state index contributed by atoms with van der Waals surface area (Å²) in [6.45, 7) is 2.15. The van der Waals surface area contributed by atoms with E-state index in [4.69, 9.17) is 5.84 Å². The van der Waals surface area contributed by atoms with Gasteiger partial charge < -0.3 is 0 Å². The second-order valence-electron chi connectivity index (χ2n) is 3.63. The van der Waals surface area contributed by atoms with Gasteiger partial charge in [-0.15, -0.1) is 0 Å². The lowest BCUT2D eigenvalue weighted by Crippen LogP contribution is -2.37. The monoisotopic (exact) mass is 193 g/mol. The predicted molar refractivity (Wildman–Crippen MR) is 59.6 cm³/mol. The third-order valence-electron chi connectivity index (χ3n) is 2.38. The summed E-state index contributed by atoms with van der Waals surface area (Å²) < 4.78 is 0. The van der Waals surface area contributed by atoms with E-state index < -0.39 is 0 Å². The van der Waals surface area contributed by atoms with E-state index in [0.29, 0.717) is 0 Å². The van der Waals surface area contributed by atoms with Crippen molar-refractivity contribution in [3.05, 3.63) is 35.4 Å². The van der Waals surface area contributed by atoms with Crippen LogP contribution in [0.4, 0.5) is 0 Å². The van der Waals surface area contributed by atoms with E-state index in [-0.39, 0.29) is 6.17 Å². The van der Waals surface area contributed by atoms with Gasteiger partial charge in [-0.25, -0.2) is 5.43 Å². The molecule has 3 N–H and O–H groups in total. The van der Waals surface area contributed by atoms with Crippen LogP contribution in [0.25, 0.3) is 0 Å². The lowest BCUT2D eigenvalue weighted by molar-refractivity contribution is 0.253. The fraction of sp³-hybridized carbons (Fsp3) is 0.455. The lowest BCUT2D eigenvalue weighted by Gasteiger charge is -2.23. The van der Waals surface area contributed by atoms with Crippen LogP contribution in [0.3, 0.4) is 0 Å². The van der Waals surface area contributed by atoms with Crippen LogP contribution in [0.1, 0.15) is 24.2 Å². The standard InChI is InChI=1S/C11H19N3/c1-4-9-5-7-10(8-6-9)11(13-12)14(2)3/h5-8,11,13H,4,12H2,1-3H3. The van der Waals surface area contributed by atoms with Crippen molar-refractivity contribution in [1.82, 2.24) is 10.3 Å². The molecule has 0 aliphatic rings. The van der Waals surface area contributed by atoms with Crippen molar-refractivity contribution in [3.63, 3.8) is 0 Å². The van der Waals surface area contributed by atoms with Crippen LogP contribution in [0.15, 0.2) is 24.3 Å². The van der Waals surface area contributed by atoms with E-state index in [1.165, 1.54) is 11.1 Å². The number of nitrogens with two attached hydrogens (primary N) is 1. The molecular weight excluding hydrogens is 174 g/mol. The average molecular weight is 193 g/mol. The van der Waals surface area contributed by atoms with Crippen molar-refractivity contribution in [2.75, 3.05) is 14.1 Å². The molecule has 0 fully saturated rings. The first-order valence-corrected chi connectivity index (χ1v) is 4.90. The van der Waals surface area contributed by atoms with Crippen LogP contribution in [-0.2, 0) is 6.42 Å². The second kappa shape index (κ2) is 5.10. The molecule has 0 saturated heterocycles. The van der Waals surface area contributed by atoms with Gasteiger partial charge in [0, 0.05) is 0 Å². The largest absolute Gasteiger partial charge is 0.289 e. The van der Waals surface area contributed by atoms with Gasteiger partial charge >= 0.3 is 0 Å².